The quantitative estimate of drug-likeness (QED) is 0.879. The van der Waals surface area contributed by atoms with Crippen LogP contribution in [0.15, 0.2) is 36.5 Å². The molecule has 1 aromatic heterocycles. The first-order chi connectivity index (χ1) is 9.72. The van der Waals surface area contributed by atoms with Crippen LogP contribution in [0, 0.1) is 0 Å². The van der Waals surface area contributed by atoms with Crippen LogP contribution in [0.1, 0.15) is 16.1 Å². The van der Waals surface area contributed by atoms with Crippen molar-refractivity contribution in [2.45, 2.75) is 6.54 Å². The van der Waals surface area contributed by atoms with E-state index < -0.39 is 0 Å². The summed E-state index contributed by atoms with van der Waals surface area (Å²) in [5, 5.41) is 2.79. The van der Waals surface area contributed by atoms with Gasteiger partial charge in [0.2, 0.25) is 6.79 Å². The maximum Gasteiger partial charge on any atom is 0.270 e. The molecule has 0 radical (unpaired) electrons. The van der Waals surface area contributed by atoms with Crippen molar-refractivity contribution in [2.75, 3.05) is 12.5 Å². The summed E-state index contributed by atoms with van der Waals surface area (Å²) < 4.78 is 10.5. The fraction of sp³-hybridized carbons (Fsp3) is 0.143. The molecule has 0 saturated carbocycles. The van der Waals surface area contributed by atoms with E-state index in [2.05, 4.69) is 10.3 Å². The van der Waals surface area contributed by atoms with E-state index in [1.807, 2.05) is 18.2 Å². The number of amides is 1. The van der Waals surface area contributed by atoms with Gasteiger partial charge in [0, 0.05) is 6.54 Å². The molecule has 6 heteroatoms. The molecule has 102 valence electrons. The number of fused-ring (bicyclic) bond motifs is 1. The first-order valence-electron chi connectivity index (χ1n) is 6.10. The number of nitrogens with one attached hydrogen (secondary N) is 1. The molecule has 0 unspecified atom stereocenters. The lowest BCUT2D eigenvalue weighted by molar-refractivity contribution is 0.0946. The molecule has 3 N–H and O–H groups in total. The number of benzene rings is 1. The minimum absolute atomic E-state index is 0.237. The van der Waals surface area contributed by atoms with Gasteiger partial charge in [-0.3, -0.25) is 4.79 Å². The number of ether oxygens (including phenoxy) is 2. The SMILES string of the molecule is Nc1ccc(C(=O)NCc2ccc3c(c2)OCO3)nc1. The van der Waals surface area contributed by atoms with E-state index in [4.69, 9.17) is 15.2 Å². The Morgan fingerprint density at radius 3 is 2.90 bits per heavy atom. The average molecular weight is 271 g/mol. The maximum absolute atomic E-state index is 11.9. The zero-order valence-corrected chi connectivity index (χ0v) is 10.6. The smallest absolute Gasteiger partial charge is 0.270 e. The molecule has 1 aliphatic heterocycles. The topological polar surface area (TPSA) is 86.5 Å². The number of nitrogens with zero attached hydrogens (tertiary/aromatic N) is 1. The number of carbonyl (C=O) groups excluding carboxylic acids is 1. The summed E-state index contributed by atoms with van der Waals surface area (Å²) in [6.45, 7) is 0.627. The molecule has 2 aromatic rings. The largest absolute Gasteiger partial charge is 0.454 e. The van der Waals surface area contributed by atoms with Crippen LogP contribution in [0.5, 0.6) is 11.5 Å². The lowest BCUT2D eigenvalue weighted by Gasteiger charge is -2.06. The standard InChI is InChI=1S/C14H13N3O3/c15-10-2-3-11(16-7-10)14(18)17-6-9-1-4-12-13(5-9)20-8-19-12/h1-5,7H,6,8,15H2,(H,17,18). The summed E-state index contributed by atoms with van der Waals surface area (Å²) in [4.78, 5) is 15.9. The van der Waals surface area contributed by atoms with Gasteiger partial charge >= 0.3 is 0 Å². The van der Waals surface area contributed by atoms with Crippen LogP contribution in [-0.2, 0) is 6.54 Å². The fourth-order valence-corrected chi connectivity index (χ4v) is 1.86. The normalized spacial score (nSPS) is 12.2. The number of hydrogen-bond acceptors (Lipinski definition) is 5. The predicted octanol–water partition coefficient (Wildman–Crippen LogP) is 1.32. The second-order valence-electron chi connectivity index (χ2n) is 4.35. The minimum Gasteiger partial charge on any atom is -0.454 e. The molecule has 1 aliphatic rings. The van der Waals surface area contributed by atoms with E-state index in [0.29, 0.717) is 23.7 Å². The van der Waals surface area contributed by atoms with Gasteiger partial charge in [-0.15, -0.1) is 0 Å². The Morgan fingerprint density at radius 2 is 2.10 bits per heavy atom. The highest BCUT2D eigenvalue weighted by molar-refractivity contribution is 5.92. The van der Waals surface area contributed by atoms with Gasteiger partial charge in [0.25, 0.3) is 5.91 Å². The van der Waals surface area contributed by atoms with Gasteiger partial charge in [-0.05, 0) is 29.8 Å². The summed E-state index contributed by atoms with van der Waals surface area (Å²) >= 11 is 0. The molecule has 0 spiro atoms. The highest BCUT2D eigenvalue weighted by Gasteiger charge is 2.13. The van der Waals surface area contributed by atoms with E-state index in [0.717, 1.165) is 11.3 Å². The monoisotopic (exact) mass is 271 g/mol. The highest BCUT2D eigenvalue weighted by Crippen LogP contribution is 2.32. The fourth-order valence-electron chi connectivity index (χ4n) is 1.86. The molecule has 0 bridgehead atoms. The molecule has 2 heterocycles. The zero-order valence-electron chi connectivity index (χ0n) is 10.6. The van der Waals surface area contributed by atoms with Crippen molar-refractivity contribution in [2.24, 2.45) is 0 Å². The van der Waals surface area contributed by atoms with Crippen LogP contribution in [0.2, 0.25) is 0 Å². The van der Waals surface area contributed by atoms with E-state index in [9.17, 15) is 4.79 Å². The van der Waals surface area contributed by atoms with E-state index in [-0.39, 0.29) is 12.7 Å². The van der Waals surface area contributed by atoms with E-state index in [1.54, 1.807) is 12.1 Å². The second-order valence-corrected chi connectivity index (χ2v) is 4.35. The molecule has 6 nitrogen and oxygen atoms in total. The van der Waals surface area contributed by atoms with E-state index in [1.165, 1.54) is 6.20 Å². The predicted molar refractivity (Wildman–Crippen MR) is 72.4 cm³/mol. The number of rotatable bonds is 3. The number of nitrogens with two attached hydrogens (primary N) is 1. The molecule has 0 atom stereocenters. The van der Waals surface area contributed by atoms with Crippen molar-refractivity contribution in [3.8, 4) is 11.5 Å². The van der Waals surface area contributed by atoms with Crippen molar-refractivity contribution >= 4 is 11.6 Å². The Kier molecular flexibility index (Phi) is 3.12. The molecule has 1 aromatic carbocycles. The van der Waals surface area contributed by atoms with Crippen LogP contribution < -0.4 is 20.5 Å². The van der Waals surface area contributed by atoms with Gasteiger partial charge < -0.3 is 20.5 Å². The van der Waals surface area contributed by atoms with Crippen LogP contribution in [0.25, 0.3) is 0 Å². The first-order valence-corrected chi connectivity index (χ1v) is 6.10. The van der Waals surface area contributed by atoms with Gasteiger partial charge in [-0.25, -0.2) is 4.98 Å². The van der Waals surface area contributed by atoms with Gasteiger partial charge in [0.15, 0.2) is 11.5 Å². The first kappa shape index (κ1) is 12.3. The van der Waals surface area contributed by atoms with Crippen LogP contribution in [0.4, 0.5) is 5.69 Å². The molecular weight excluding hydrogens is 258 g/mol. The lowest BCUT2D eigenvalue weighted by atomic mass is 10.2. The van der Waals surface area contributed by atoms with Crippen molar-refractivity contribution < 1.29 is 14.3 Å². The van der Waals surface area contributed by atoms with Crippen molar-refractivity contribution in [3.05, 3.63) is 47.8 Å². The molecule has 0 saturated heterocycles. The van der Waals surface area contributed by atoms with Crippen LogP contribution in [-0.4, -0.2) is 17.7 Å². The molecule has 0 aliphatic carbocycles. The molecule has 20 heavy (non-hydrogen) atoms. The summed E-state index contributed by atoms with van der Waals surface area (Å²) in [6.07, 6.45) is 1.45. The molecule has 3 rings (SSSR count). The van der Waals surface area contributed by atoms with Crippen molar-refractivity contribution in [3.63, 3.8) is 0 Å². The highest BCUT2D eigenvalue weighted by atomic mass is 16.7. The van der Waals surface area contributed by atoms with E-state index >= 15 is 0 Å². The second kappa shape index (κ2) is 5.08. The third kappa shape index (κ3) is 2.49. The number of aromatic nitrogens is 1. The Hall–Kier alpha value is -2.76. The van der Waals surface area contributed by atoms with Gasteiger partial charge in [0.1, 0.15) is 5.69 Å². The summed E-state index contributed by atoms with van der Waals surface area (Å²) in [7, 11) is 0. The third-order valence-corrected chi connectivity index (χ3v) is 2.91. The molecule has 1 amide bonds. The Labute approximate surface area is 115 Å². The Balaban J connectivity index is 1.64. The number of carbonyl (C=O) groups is 1. The average Bonchev–Trinajstić information content (AvgIpc) is 2.93. The van der Waals surface area contributed by atoms with Crippen molar-refractivity contribution in [1.29, 1.82) is 0 Å². The molecular formula is C14H13N3O3. The summed E-state index contributed by atoms with van der Waals surface area (Å²) in [5.74, 6) is 1.17. The number of nitrogen functional groups attached to an aromatic ring is 1. The number of hydrogen-bond donors (Lipinski definition) is 2. The maximum atomic E-state index is 11.9. The van der Waals surface area contributed by atoms with Gasteiger partial charge in [-0.2, -0.15) is 0 Å². The number of pyridine rings is 1. The number of anilines is 1. The lowest BCUT2D eigenvalue weighted by Crippen LogP contribution is -2.23. The van der Waals surface area contributed by atoms with Crippen LogP contribution >= 0.6 is 0 Å². The third-order valence-electron chi connectivity index (χ3n) is 2.91. The summed E-state index contributed by atoms with van der Waals surface area (Å²) in [5.41, 5.74) is 7.31. The summed E-state index contributed by atoms with van der Waals surface area (Å²) in [6, 6.07) is 8.78. The Morgan fingerprint density at radius 1 is 1.25 bits per heavy atom. The Bertz CT molecular complexity index is 641. The van der Waals surface area contributed by atoms with Gasteiger partial charge in [0.05, 0.1) is 11.9 Å². The van der Waals surface area contributed by atoms with Crippen molar-refractivity contribution in [1.82, 2.24) is 10.3 Å². The zero-order chi connectivity index (χ0) is 13.9. The minimum atomic E-state index is -0.248. The van der Waals surface area contributed by atoms with Gasteiger partial charge in [-0.1, -0.05) is 6.07 Å². The molecule has 0 fully saturated rings. The van der Waals surface area contributed by atoms with Crippen LogP contribution in [0.3, 0.4) is 0 Å².